The number of hydrogen-bond donors (Lipinski definition) is 2. The van der Waals surface area contributed by atoms with Gasteiger partial charge >= 0.3 is 0 Å². The average molecular weight is 243 g/mol. The van der Waals surface area contributed by atoms with Crippen LogP contribution >= 0.6 is 0 Å². The van der Waals surface area contributed by atoms with Crippen molar-refractivity contribution in [1.82, 2.24) is 5.32 Å². The highest BCUT2D eigenvalue weighted by Gasteiger charge is 2.06. The molecule has 0 aromatic heterocycles. The van der Waals surface area contributed by atoms with Crippen LogP contribution in [0.25, 0.3) is 0 Å². The summed E-state index contributed by atoms with van der Waals surface area (Å²) in [6, 6.07) is 0. The predicted octanol–water partition coefficient (Wildman–Crippen LogP) is 3.73. The van der Waals surface area contributed by atoms with Crippen molar-refractivity contribution in [2.75, 3.05) is 13.1 Å². The molecule has 2 unspecified atom stereocenters. The van der Waals surface area contributed by atoms with Gasteiger partial charge in [-0.3, -0.25) is 0 Å². The van der Waals surface area contributed by atoms with Gasteiger partial charge in [0.25, 0.3) is 0 Å². The summed E-state index contributed by atoms with van der Waals surface area (Å²) in [4.78, 5) is 0. The van der Waals surface area contributed by atoms with Crippen LogP contribution in [0, 0.1) is 5.92 Å². The van der Waals surface area contributed by atoms with Gasteiger partial charge in [0, 0.05) is 0 Å². The zero-order chi connectivity index (χ0) is 12.9. The lowest BCUT2D eigenvalue weighted by molar-refractivity contribution is 0.145. The summed E-state index contributed by atoms with van der Waals surface area (Å²) < 4.78 is 0. The van der Waals surface area contributed by atoms with Crippen molar-refractivity contribution in [3.8, 4) is 0 Å². The van der Waals surface area contributed by atoms with Crippen LogP contribution in [0.2, 0.25) is 0 Å². The molecule has 0 aliphatic rings. The fraction of sp³-hybridized carbons (Fsp3) is 1.00. The molecule has 0 aromatic carbocycles. The molecule has 2 heteroatoms. The molecule has 17 heavy (non-hydrogen) atoms. The maximum atomic E-state index is 9.79. The Morgan fingerprint density at radius 3 is 2.29 bits per heavy atom. The molecule has 0 saturated carbocycles. The highest BCUT2D eigenvalue weighted by atomic mass is 16.3. The molecule has 0 amide bonds. The van der Waals surface area contributed by atoms with Gasteiger partial charge in [0.15, 0.2) is 0 Å². The molecule has 2 nitrogen and oxygen atoms in total. The van der Waals surface area contributed by atoms with Gasteiger partial charge in [-0.15, -0.1) is 0 Å². The van der Waals surface area contributed by atoms with Crippen LogP contribution in [0.3, 0.4) is 0 Å². The standard InChI is InChI=1S/C15H33NO/c1-4-6-7-10-15(17)11-8-9-14(3)12-13-16-5-2/h14-17H,4-13H2,1-3H3. The number of unbranched alkanes of at least 4 members (excludes halogenated alkanes) is 2. The Hall–Kier alpha value is -0.0800. The van der Waals surface area contributed by atoms with E-state index in [9.17, 15) is 5.11 Å². The minimum atomic E-state index is -0.0532. The van der Waals surface area contributed by atoms with E-state index in [2.05, 4.69) is 26.1 Å². The van der Waals surface area contributed by atoms with E-state index in [1.807, 2.05) is 0 Å². The Balaban J connectivity index is 3.29. The molecule has 104 valence electrons. The Morgan fingerprint density at radius 2 is 1.65 bits per heavy atom. The van der Waals surface area contributed by atoms with E-state index in [0.717, 1.165) is 31.8 Å². The van der Waals surface area contributed by atoms with Crippen LogP contribution in [-0.4, -0.2) is 24.3 Å². The molecule has 2 atom stereocenters. The predicted molar refractivity (Wildman–Crippen MR) is 76.3 cm³/mol. The number of hydrogen-bond acceptors (Lipinski definition) is 2. The highest BCUT2D eigenvalue weighted by Crippen LogP contribution is 2.15. The summed E-state index contributed by atoms with van der Waals surface area (Å²) in [5.41, 5.74) is 0. The summed E-state index contributed by atoms with van der Waals surface area (Å²) in [6.45, 7) is 8.89. The van der Waals surface area contributed by atoms with Gasteiger partial charge in [-0.2, -0.15) is 0 Å². The summed E-state index contributed by atoms with van der Waals surface area (Å²) in [5.74, 6) is 0.789. The average Bonchev–Trinajstić information content (AvgIpc) is 2.30. The molecule has 0 fully saturated rings. The third-order valence-electron chi connectivity index (χ3n) is 3.44. The first kappa shape index (κ1) is 16.9. The number of nitrogens with one attached hydrogen (secondary N) is 1. The van der Waals surface area contributed by atoms with E-state index in [4.69, 9.17) is 0 Å². The van der Waals surface area contributed by atoms with Crippen molar-refractivity contribution >= 4 is 0 Å². The molecule has 0 radical (unpaired) electrons. The number of rotatable bonds is 12. The Bertz CT molecular complexity index is 134. The molecule has 0 aliphatic carbocycles. The zero-order valence-electron chi connectivity index (χ0n) is 12.2. The first-order valence-electron chi connectivity index (χ1n) is 7.59. The molecule has 0 spiro atoms. The summed E-state index contributed by atoms with van der Waals surface area (Å²) in [5, 5.41) is 13.2. The van der Waals surface area contributed by atoms with Gasteiger partial charge < -0.3 is 10.4 Å². The van der Waals surface area contributed by atoms with E-state index in [1.165, 1.54) is 38.5 Å². The van der Waals surface area contributed by atoms with Gasteiger partial charge in [0.1, 0.15) is 0 Å². The minimum absolute atomic E-state index is 0.0532. The van der Waals surface area contributed by atoms with Crippen molar-refractivity contribution in [3.05, 3.63) is 0 Å². The molecule has 0 aliphatic heterocycles. The van der Waals surface area contributed by atoms with Crippen molar-refractivity contribution in [3.63, 3.8) is 0 Å². The maximum Gasteiger partial charge on any atom is 0.0540 e. The Kier molecular flexibility index (Phi) is 12.3. The fourth-order valence-electron chi connectivity index (χ4n) is 2.15. The highest BCUT2D eigenvalue weighted by molar-refractivity contribution is 4.60. The fourth-order valence-corrected chi connectivity index (χ4v) is 2.15. The molecular weight excluding hydrogens is 210 g/mol. The molecule has 0 saturated heterocycles. The summed E-state index contributed by atoms with van der Waals surface area (Å²) >= 11 is 0. The largest absolute Gasteiger partial charge is 0.393 e. The van der Waals surface area contributed by atoms with E-state index in [0.29, 0.717) is 0 Å². The van der Waals surface area contributed by atoms with E-state index < -0.39 is 0 Å². The summed E-state index contributed by atoms with van der Waals surface area (Å²) in [7, 11) is 0. The van der Waals surface area contributed by atoms with Crippen LogP contribution in [-0.2, 0) is 0 Å². The molecule has 0 heterocycles. The minimum Gasteiger partial charge on any atom is -0.393 e. The van der Waals surface area contributed by atoms with E-state index in [1.54, 1.807) is 0 Å². The Morgan fingerprint density at radius 1 is 0.941 bits per heavy atom. The molecule has 0 bridgehead atoms. The van der Waals surface area contributed by atoms with Gasteiger partial charge in [-0.1, -0.05) is 52.9 Å². The van der Waals surface area contributed by atoms with E-state index >= 15 is 0 Å². The second-order valence-corrected chi connectivity index (χ2v) is 5.33. The normalized spacial score (nSPS) is 14.8. The van der Waals surface area contributed by atoms with Crippen LogP contribution < -0.4 is 5.32 Å². The number of aliphatic hydroxyl groups excluding tert-OH is 1. The maximum absolute atomic E-state index is 9.79. The lowest BCUT2D eigenvalue weighted by Gasteiger charge is -2.13. The third-order valence-corrected chi connectivity index (χ3v) is 3.44. The SMILES string of the molecule is CCCCCC(O)CCCC(C)CCNCC. The van der Waals surface area contributed by atoms with Gasteiger partial charge in [0.2, 0.25) is 0 Å². The molecule has 0 aromatic rings. The van der Waals surface area contributed by atoms with Crippen LogP contribution in [0.15, 0.2) is 0 Å². The van der Waals surface area contributed by atoms with Gasteiger partial charge in [0.05, 0.1) is 6.10 Å². The lowest BCUT2D eigenvalue weighted by Crippen LogP contribution is -2.16. The quantitative estimate of drug-likeness (QED) is 0.512. The van der Waals surface area contributed by atoms with Gasteiger partial charge in [-0.25, -0.2) is 0 Å². The topological polar surface area (TPSA) is 32.3 Å². The van der Waals surface area contributed by atoms with Crippen molar-refractivity contribution < 1.29 is 5.11 Å². The third kappa shape index (κ3) is 12.2. The van der Waals surface area contributed by atoms with Crippen LogP contribution in [0.1, 0.15) is 72.1 Å². The monoisotopic (exact) mass is 243 g/mol. The molecular formula is C15H33NO. The van der Waals surface area contributed by atoms with Crippen molar-refractivity contribution in [2.24, 2.45) is 5.92 Å². The van der Waals surface area contributed by atoms with Crippen molar-refractivity contribution in [1.29, 1.82) is 0 Å². The van der Waals surface area contributed by atoms with Gasteiger partial charge in [-0.05, 0) is 38.3 Å². The lowest BCUT2D eigenvalue weighted by atomic mass is 9.98. The van der Waals surface area contributed by atoms with E-state index in [-0.39, 0.29) is 6.10 Å². The second-order valence-electron chi connectivity index (χ2n) is 5.33. The van der Waals surface area contributed by atoms with Crippen molar-refractivity contribution in [2.45, 2.75) is 78.2 Å². The van der Waals surface area contributed by atoms with Crippen LogP contribution in [0.4, 0.5) is 0 Å². The Labute approximate surface area is 108 Å². The summed E-state index contributed by atoms with van der Waals surface area (Å²) in [6.07, 6.45) is 9.34. The number of aliphatic hydroxyl groups is 1. The molecule has 0 rings (SSSR count). The zero-order valence-corrected chi connectivity index (χ0v) is 12.2. The smallest absolute Gasteiger partial charge is 0.0540 e. The first-order chi connectivity index (χ1) is 8.20. The molecule has 2 N–H and O–H groups in total. The second kappa shape index (κ2) is 12.4. The van der Waals surface area contributed by atoms with Crippen LogP contribution in [0.5, 0.6) is 0 Å². The first-order valence-corrected chi connectivity index (χ1v) is 7.59.